The summed E-state index contributed by atoms with van der Waals surface area (Å²) >= 11 is 0. The molecule has 0 unspecified atom stereocenters. The van der Waals surface area contributed by atoms with E-state index in [0.29, 0.717) is 22.7 Å². The van der Waals surface area contributed by atoms with Crippen molar-refractivity contribution in [3.8, 4) is 39.5 Å². The van der Waals surface area contributed by atoms with E-state index in [0.717, 1.165) is 55.4 Å². The van der Waals surface area contributed by atoms with Gasteiger partial charge >= 0.3 is 5.97 Å². The lowest BCUT2D eigenvalue weighted by atomic mass is 9.97. The molecule has 3 heterocycles. The third kappa shape index (κ3) is 4.31. The average Bonchev–Trinajstić information content (AvgIpc) is 3.70. The summed E-state index contributed by atoms with van der Waals surface area (Å²) in [5.41, 5.74) is 8.94. The molecule has 9 rings (SSSR count). The lowest BCUT2D eigenvalue weighted by molar-refractivity contribution is 0.0601. The van der Waals surface area contributed by atoms with Gasteiger partial charge < -0.3 is 13.7 Å². The van der Waals surface area contributed by atoms with Crippen LogP contribution in [0.15, 0.2) is 150 Å². The van der Waals surface area contributed by atoms with Crippen LogP contribution in [0.1, 0.15) is 10.4 Å². The molecule has 0 amide bonds. The molecule has 0 fully saturated rings. The zero-order chi connectivity index (χ0) is 32.2. The van der Waals surface area contributed by atoms with E-state index in [4.69, 9.17) is 19.1 Å². The molecule has 0 saturated heterocycles. The first-order valence-electron chi connectivity index (χ1n) is 15.7. The highest BCUT2D eigenvalue weighted by Crippen LogP contribution is 2.41. The van der Waals surface area contributed by atoms with Gasteiger partial charge in [0.1, 0.15) is 5.58 Å². The van der Waals surface area contributed by atoms with Crippen molar-refractivity contribution in [2.24, 2.45) is 0 Å². The number of fused-ring (bicyclic) bond motifs is 6. The van der Waals surface area contributed by atoms with Gasteiger partial charge in [-0.1, -0.05) is 115 Å². The van der Waals surface area contributed by atoms with Gasteiger partial charge in [0.25, 0.3) is 0 Å². The second-order valence-electron chi connectivity index (χ2n) is 11.7. The number of carbonyl (C=O) groups excluding carboxylic acids is 1. The first-order chi connectivity index (χ1) is 23.7. The van der Waals surface area contributed by atoms with Crippen LogP contribution in [-0.2, 0) is 4.74 Å². The van der Waals surface area contributed by atoms with Gasteiger partial charge in [0.05, 0.1) is 34.8 Å². The van der Waals surface area contributed by atoms with Gasteiger partial charge in [0.15, 0.2) is 5.82 Å². The Bertz CT molecular complexity index is 2630. The minimum absolute atomic E-state index is 0.408. The number of para-hydroxylation sites is 3. The molecule has 6 nitrogen and oxygen atoms in total. The number of nitrogens with zero attached hydrogens (tertiary/aromatic N) is 3. The van der Waals surface area contributed by atoms with E-state index >= 15 is 0 Å². The quantitative estimate of drug-likeness (QED) is 0.179. The smallest absolute Gasteiger partial charge is 0.338 e. The van der Waals surface area contributed by atoms with Crippen LogP contribution in [0.4, 0.5) is 0 Å². The molecular formula is C42H27N3O3. The van der Waals surface area contributed by atoms with Crippen LogP contribution in [0.3, 0.4) is 0 Å². The molecule has 48 heavy (non-hydrogen) atoms. The fraction of sp³-hybridized carbons (Fsp3) is 0.0238. The molecule has 228 valence electrons. The summed E-state index contributed by atoms with van der Waals surface area (Å²) in [5.74, 6) is 0.147. The number of hydrogen-bond acceptors (Lipinski definition) is 5. The van der Waals surface area contributed by atoms with Gasteiger partial charge in [-0.3, -0.25) is 0 Å². The Labute approximate surface area is 275 Å². The molecule has 6 heteroatoms. The van der Waals surface area contributed by atoms with E-state index in [1.165, 1.54) is 17.9 Å². The number of furan rings is 1. The van der Waals surface area contributed by atoms with Crippen LogP contribution >= 0.6 is 0 Å². The molecule has 0 aliphatic rings. The molecule has 0 bridgehead atoms. The van der Waals surface area contributed by atoms with Crippen molar-refractivity contribution in [3.63, 3.8) is 0 Å². The third-order valence-electron chi connectivity index (χ3n) is 8.97. The van der Waals surface area contributed by atoms with Crippen LogP contribution in [-0.4, -0.2) is 27.6 Å². The van der Waals surface area contributed by atoms with Crippen molar-refractivity contribution in [2.45, 2.75) is 0 Å². The van der Waals surface area contributed by atoms with Gasteiger partial charge in [-0.05, 0) is 35.9 Å². The number of aromatic nitrogens is 3. The summed E-state index contributed by atoms with van der Waals surface area (Å²) in [7, 11) is 1.39. The summed E-state index contributed by atoms with van der Waals surface area (Å²) in [6, 6.07) is 48.7. The molecule has 9 aromatic rings. The fourth-order valence-electron chi connectivity index (χ4n) is 6.83. The Morgan fingerprint density at radius 2 is 1.25 bits per heavy atom. The Kier molecular flexibility index (Phi) is 6.40. The molecule has 6 aromatic carbocycles. The third-order valence-corrected chi connectivity index (χ3v) is 8.97. The number of rotatable bonds is 5. The predicted molar refractivity (Wildman–Crippen MR) is 191 cm³/mol. The van der Waals surface area contributed by atoms with Crippen molar-refractivity contribution >= 4 is 49.8 Å². The lowest BCUT2D eigenvalue weighted by Crippen LogP contribution is -2.03. The SMILES string of the molecule is COC(=O)c1ccccc1-c1cccc2c1oc1nc(-c3cccc(-n4c5ccccc5c5ccccc54)c3)nc(-c3ccccc3)c12. The Hall–Kier alpha value is -6.53. The highest BCUT2D eigenvalue weighted by molar-refractivity contribution is 6.15. The van der Waals surface area contributed by atoms with Crippen LogP contribution in [0.2, 0.25) is 0 Å². The van der Waals surface area contributed by atoms with Crippen molar-refractivity contribution in [1.82, 2.24) is 14.5 Å². The number of benzene rings is 6. The lowest BCUT2D eigenvalue weighted by Gasteiger charge is -2.11. The van der Waals surface area contributed by atoms with E-state index < -0.39 is 5.97 Å². The number of carbonyl (C=O) groups is 1. The maximum absolute atomic E-state index is 12.7. The van der Waals surface area contributed by atoms with Crippen LogP contribution in [0.25, 0.3) is 83.3 Å². The zero-order valence-corrected chi connectivity index (χ0v) is 25.9. The summed E-state index contributed by atoms with van der Waals surface area (Å²) < 4.78 is 14.0. The number of esters is 1. The van der Waals surface area contributed by atoms with Gasteiger partial charge in [0, 0.05) is 38.5 Å². The summed E-state index contributed by atoms with van der Waals surface area (Å²) in [6.07, 6.45) is 0. The van der Waals surface area contributed by atoms with E-state index in [2.05, 4.69) is 77.4 Å². The average molecular weight is 622 g/mol. The first kappa shape index (κ1) is 27.8. The maximum Gasteiger partial charge on any atom is 0.338 e. The summed E-state index contributed by atoms with van der Waals surface area (Å²) in [6.45, 7) is 0. The minimum atomic E-state index is -0.408. The van der Waals surface area contributed by atoms with Crippen LogP contribution in [0.5, 0.6) is 0 Å². The summed E-state index contributed by atoms with van der Waals surface area (Å²) in [5, 5.41) is 4.09. The van der Waals surface area contributed by atoms with Gasteiger partial charge in [0.2, 0.25) is 5.71 Å². The van der Waals surface area contributed by atoms with Crippen LogP contribution in [0, 0.1) is 0 Å². The zero-order valence-electron chi connectivity index (χ0n) is 25.9. The minimum Gasteiger partial charge on any atom is -0.465 e. The van der Waals surface area contributed by atoms with Crippen molar-refractivity contribution in [3.05, 3.63) is 151 Å². The Morgan fingerprint density at radius 1 is 0.625 bits per heavy atom. The fourth-order valence-corrected chi connectivity index (χ4v) is 6.83. The second kappa shape index (κ2) is 11.1. The normalized spacial score (nSPS) is 11.5. The second-order valence-corrected chi connectivity index (χ2v) is 11.7. The topological polar surface area (TPSA) is 70.2 Å². The predicted octanol–water partition coefficient (Wildman–Crippen LogP) is 10.3. The Balaban J connectivity index is 1.29. The van der Waals surface area contributed by atoms with Crippen molar-refractivity contribution in [2.75, 3.05) is 7.11 Å². The largest absolute Gasteiger partial charge is 0.465 e. The highest BCUT2D eigenvalue weighted by atomic mass is 16.5. The van der Waals surface area contributed by atoms with E-state index in [1.54, 1.807) is 6.07 Å². The molecule has 3 aromatic heterocycles. The molecule has 0 spiro atoms. The number of methoxy groups -OCH3 is 1. The van der Waals surface area contributed by atoms with Gasteiger partial charge in [-0.15, -0.1) is 0 Å². The number of ether oxygens (including phenoxy) is 1. The number of hydrogen-bond donors (Lipinski definition) is 0. The van der Waals surface area contributed by atoms with E-state index in [-0.39, 0.29) is 0 Å². The molecule has 0 radical (unpaired) electrons. The van der Waals surface area contributed by atoms with Gasteiger partial charge in [-0.25, -0.2) is 9.78 Å². The van der Waals surface area contributed by atoms with Crippen LogP contribution < -0.4 is 0 Å². The molecule has 0 aliphatic carbocycles. The van der Waals surface area contributed by atoms with Crippen molar-refractivity contribution < 1.29 is 13.9 Å². The highest BCUT2D eigenvalue weighted by Gasteiger charge is 2.22. The van der Waals surface area contributed by atoms with Crippen molar-refractivity contribution in [1.29, 1.82) is 0 Å². The molecule has 0 saturated carbocycles. The summed E-state index contributed by atoms with van der Waals surface area (Å²) in [4.78, 5) is 23.0. The Morgan fingerprint density at radius 3 is 2.02 bits per heavy atom. The monoisotopic (exact) mass is 621 g/mol. The standard InChI is InChI=1S/C42H27N3O3/c1-47-42(46)33-20-6-5-17-29(33)32-21-12-22-34-37-38(26-13-3-2-4-14-26)43-40(44-41(37)48-39(32)34)27-15-11-16-28(25-27)45-35-23-9-7-18-30(35)31-19-8-10-24-36(31)45/h2-25H,1H3. The van der Waals surface area contributed by atoms with E-state index in [1.807, 2.05) is 66.7 Å². The molecule has 0 atom stereocenters. The van der Waals surface area contributed by atoms with Gasteiger partial charge in [-0.2, -0.15) is 4.98 Å². The first-order valence-corrected chi connectivity index (χ1v) is 15.7. The maximum atomic E-state index is 12.7. The molecule has 0 N–H and O–H groups in total. The van der Waals surface area contributed by atoms with E-state index in [9.17, 15) is 4.79 Å². The molecule has 0 aliphatic heterocycles. The molecular weight excluding hydrogens is 594 g/mol.